The van der Waals surface area contributed by atoms with Crippen LogP contribution in [0.25, 0.3) is 0 Å². The first-order valence-electron chi connectivity index (χ1n) is 9.08. The van der Waals surface area contributed by atoms with Crippen molar-refractivity contribution in [2.24, 2.45) is 5.92 Å². The Morgan fingerprint density at radius 3 is 2.84 bits per heavy atom. The van der Waals surface area contributed by atoms with Crippen molar-refractivity contribution >= 4 is 0 Å². The van der Waals surface area contributed by atoms with Gasteiger partial charge >= 0.3 is 0 Å². The molecule has 1 heterocycles. The molecule has 0 amide bonds. The average molecular weight is 347 g/mol. The molecule has 1 unspecified atom stereocenters. The van der Waals surface area contributed by atoms with Crippen LogP contribution in [-0.4, -0.2) is 26.7 Å². The standard InChI is InChI=1S/C19H26FN3O2/c1-3-5-16-11-21-22-23(16)13-19(24,4-2)15-8-9-17(20)18(10-15)25-12-14-6-7-14/h8-11,14,24H,3-7,12-13H2,1-2H3. The zero-order chi connectivity index (χ0) is 17.9. The fourth-order valence-electron chi connectivity index (χ4n) is 2.91. The van der Waals surface area contributed by atoms with Gasteiger partial charge in [-0.25, -0.2) is 9.07 Å². The van der Waals surface area contributed by atoms with E-state index in [9.17, 15) is 9.50 Å². The summed E-state index contributed by atoms with van der Waals surface area (Å²) >= 11 is 0. The maximum atomic E-state index is 14.0. The second kappa shape index (κ2) is 7.52. The van der Waals surface area contributed by atoms with Crippen LogP contribution in [0.1, 0.15) is 50.8 Å². The molecule has 1 aliphatic rings. The van der Waals surface area contributed by atoms with Gasteiger partial charge < -0.3 is 9.84 Å². The predicted octanol–water partition coefficient (Wildman–Crippen LogP) is 3.46. The normalized spacial score (nSPS) is 16.6. The number of aryl methyl sites for hydroxylation is 1. The van der Waals surface area contributed by atoms with E-state index in [1.807, 2.05) is 6.92 Å². The minimum absolute atomic E-state index is 0.212. The zero-order valence-corrected chi connectivity index (χ0v) is 14.9. The molecule has 0 radical (unpaired) electrons. The Labute approximate surface area is 147 Å². The number of rotatable bonds is 9. The molecule has 1 saturated carbocycles. The van der Waals surface area contributed by atoms with Crippen LogP contribution in [0.4, 0.5) is 4.39 Å². The third-order valence-electron chi connectivity index (χ3n) is 4.84. The van der Waals surface area contributed by atoms with E-state index >= 15 is 0 Å². The van der Waals surface area contributed by atoms with Gasteiger partial charge in [-0.05, 0) is 49.3 Å². The summed E-state index contributed by atoms with van der Waals surface area (Å²) in [5.74, 6) is 0.360. The Morgan fingerprint density at radius 2 is 2.16 bits per heavy atom. The minimum Gasteiger partial charge on any atom is -0.490 e. The molecule has 0 spiro atoms. The van der Waals surface area contributed by atoms with E-state index < -0.39 is 11.4 Å². The second-order valence-corrected chi connectivity index (χ2v) is 6.92. The molecular weight excluding hydrogens is 321 g/mol. The number of halogens is 1. The van der Waals surface area contributed by atoms with Gasteiger partial charge in [0.25, 0.3) is 0 Å². The van der Waals surface area contributed by atoms with Crippen LogP contribution in [0, 0.1) is 11.7 Å². The highest BCUT2D eigenvalue weighted by atomic mass is 19.1. The fraction of sp³-hybridized carbons (Fsp3) is 0.579. The number of aromatic nitrogens is 3. The Kier molecular flexibility index (Phi) is 5.37. The Hall–Kier alpha value is -1.95. The molecule has 0 aliphatic heterocycles. The van der Waals surface area contributed by atoms with E-state index in [2.05, 4.69) is 17.2 Å². The molecule has 3 rings (SSSR count). The number of nitrogens with zero attached hydrogens (tertiary/aromatic N) is 3. The van der Waals surface area contributed by atoms with Crippen molar-refractivity contribution in [3.8, 4) is 5.75 Å². The van der Waals surface area contributed by atoms with E-state index in [1.165, 1.54) is 6.07 Å². The molecule has 1 fully saturated rings. The lowest BCUT2D eigenvalue weighted by atomic mass is 9.90. The van der Waals surface area contributed by atoms with Crippen molar-refractivity contribution in [3.63, 3.8) is 0 Å². The van der Waals surface area contributed by atoms with Crippen LogP contribution < -0.4 is 4.74 Å². The molecule has 1 aromatic carbocycles. The van der Waals surface area contributed by atoms with Gasteiger partial charge in [0.2, 0.25) is 0 Å². The summed E-state index contributed by atoms with van der Waals surface area (Å²) in [6, 6.07) is 4.61. The van der Waals surface area contributed by atoms with E-state index in [-0.39, 0.29) is 12.3 Å². The van der Waals surface area contributed by atoms with Crippen molar-refractivity contribution in [1.29, 1.82) is 0 Å². The van der Waals surface area contributed by atoms with Gasteiger partial charge in [-0.15, -0.1) is 5.10 Å². The predicted molar refractivity (Wildman–Crippen MR) is 92.8 cm³/mol. The SMILES string of the molecule is CCCc1cnnn1CC(O)(CC)c1ccc(F)c(OCC2CC2)c1. The summed E-state index contributed by atoms with van der Waals surface area (Å²) in [5.41, 5.74) is 0.475. The van der Waals surface area contributed by atoms with Gasteiger partial charge in [0.05, 0.1) is 25.0 Å². The molecule has 5 nitrogen and oxygen atoms in total. The Bertz CT molecular complexity index is 714. The van der Waals surface area contributed by atoms with Gasteiger partial charge in [0.1, 0.15) is 5.60 Å². The first kappa shape index (κ1) is 17.9. The van der Waals surface area contributed by atoms with Crippen molar-refractivity contribution < 1.29 is 14.2 Å². The molecule has 1 N–H and O–H groups in total. The van der Waals surface area contributed by atoms with Gasteiger partial charge in [-0.2, -0.15) is 0 Å². The van der Waals surface area contributed by atoms with Gasteiger partial charge in [-0.1, -0.05) is 31.5 Å². The Balaban J connectivity index is 1.82. The number of benzene rings is 1. The third kappa shape index (κ3) is 4.18. The fourth-order valence-corrected chi connectivity index (χ4v) is 2.91. The summed E-state index contributed by atoms with van der Waals surface area (Å²) in [4.78, 5) is 0. The van der Waals surface area contributed by atoms with Crippen molar-refractivity contribution in [2.75, 3.05) is 6.61 Å². The van der Waals surface area contributed by atoms with E-state index in [0.29, 0.717) is 24.5 Å². The first-order valence-corrected chi connectivity index (χ1v) is 9.08. The lowest BCUT2D eigenvalue weighted by Crippen LogP contribution is -2.32. The van der Waals surface area contributed by atoms with Crippen molar-refractivity contribution in [3.05, 3.63) is 41.5 Å². The summed E-state index contributed by atoms with van der Waals surface area (Å²) in [5, 5.41) is 19.3. The molecule has 2 aromatic rings. The van der Waals surface area contributed by atoms with E-state index in [1.54, 1.807) is 23.0 Å². The molecular formula is C19H26FN3O2. The van der Waals surface area contributed by atoms with Crippen LogP contribution in [0.2, 0.25) is 0 Å². The summed E-state index contributed by atoms with van der Waals surface area (Å²) in [7, 11) is 0. The van der Waals surface area contributed by atoms with Gasteiger partial charge in [0, 0.05) is 0 Å². The van der Waals surface area contributed by atoms with E-state index in [4.69, 9.17) is 4.74 Å². The number of aliphatic hydroxyl groups is 1. The second-order valence-electron chi connectivity index (χ2n) is 6.92. The van der Waals surface area contributed by atoms with Crippen LogP contribution in [-0.2, 0) is 18.6 Å². The van der Waals surface area contributed by atoms with Gasteiger partial charge in [-0.3, -0.25) is 0 Å². The number of hydrogen-bond acceptors (Lipinski definition) is 4. The molecule has 6 heteroatoms. The molecule has 25 heavy (non-hydrogen) atoms. The first-order chi connectivity index (χ1) is 12.1. The maximum Gasteiger partial charge on any atom is 0.165 e. The van der Waals surface area contributed by atoms with Gasteiger partial charge in [0.15, 0.2) is 11.6 Å². The average Bonchev–Trinajstić information content (AvgIpc) is 3.35. The molecule has 1 aromatic heterocycles. The molecule has 0 bridgehead atoms. The molecule has 0 saturated heterocycles. The maximum absolute atomic E-state index is 14.0. The van der Waals surface area contributed by atoms with Crippen molar-refractivity contribution in [1.82, 2.24) is 15.0 Å². The van der Waals surface area contributed by atoms with Crippen LogP contribution in [0.3, 0.4) is 0 Å². The minimum atomic E-state index is -1.15. The third-order valence-corrected chi connectivity index (χ3v) is 4.84. The number of hydrogen-bond donors (Lipinski definition) is 1. The van der Waals surface area contributed by atoms with E-state index in [0.717, 1.165) is 31.4 Å². The number of ether oxygens (including phenoxy) is 1. The lowest BCUT2D eigenvalue weighted by molar-refractivity contribution is 0.00942. The smallest absolute Gasteiger partial charge is 0.165 e. The van der Waals surface area contributed by atoms with Crippen LogP contribution in [0.5, 0.6) is 5.75 Å². The highest BCUT2D eigenvalue weighted by Crippen LogP contribution is 2.33. The van der Waals surface area contributed by atoms with Crippen LogP contribution in [0.15, 0.2) is 24.4 Å². The monoisotopic (exact) mass is 347 g/mol. The quantitative estimate of drug-likeness (QED) is 0.755. The largest absolute Gasteiger partial charge is 0.490 e. The molecule has 136 valence electrons. The topological polar surface area (TPSA) is 60.2 Å². The van der Waals surface area contributed by atoms with Crippen molar-refractivity contribution in [2.45, 2.75) is 58.1 Å². The van der Waals surface area contributed by atoms with Crippen LogP contribution >= 0.6 is 0 Å². The summed E-state index contributed by atoms with van der Waals surface area (Å²) in [6.45, 7) is 4.82. The molecule has 1 aliphatic carbocycles. The zero-order valence-electron chi connectivity index (χ0n) is 14.9. The summed E-state index contributed by atoms with van der Waals surface area (Å²) in [6.07, 6.45) is 6.33. The molecule has 1 atom stereocenters. The lowest BCUT2D eigenvalue weighted by Gasteiger charge is -2.28. The summed E-state index contributed by atoms with van der Waals surface area (Å²) < 4.78 is 21.4. The highest BCUT2D eigenvalue weighted by molar-refractivity contribution is 5.34. The highest BCUT2D eigenvalue weighted by Gasteiger charge is 2.30. The Morgan fingerprint density at radius 1 is 1.36 bits per heavy atom.